The van der Waals surface area contributed by atoms with E-state index in [9.17, 15) is 0 Å². The Bertz CT molecular complexity index is 347. The second kappa shape index (κ2) is 5.87. The lowest BCUT2D eigenvalue weighted by atomic mass is 10.1. The molecule has 3 N–H and O–H groups in total. The highest BCUT2D eigenvalue weighted by molar-refractivity contribution is 5.48. The molecule has 1 atom stereocenters. The fraction of sp³-hybridized carbons (Fsp3) is 0.615. The van der Waals surface area contributed by atoms with E-state index in [0.29, 0.717) is 6.04 Å². The van der Waals surface area contributed by atoms with Gasteiger partial charge in [0.25, 0.3) is 0 Å². The maximum absolute atomic E-state index is 5.72. The average molecular weight is 234 g/mol. The molecule has 0 aromatic carbocycles. The molecule has 1 aliphatic rings. The summed E-state index contributed by atoms with van der Waals surface area (Å²) in [5, 5.41) is 3.35. The molecule has 1 aromatic rings. The summed E-state index contributed by atoms with van der Waals surface area (Å²) in [4.78, 5) is 6.79. The molecule has 4 nitrogen and oxygen atoms in total. The number of piperidine rings is 1. The highest BCUT2D eigenvalue weighted by atomic mass is 15.2. The monoisotopic (exact) mass is 234 g/mol. The minimum absolute atomic E-state index is 0.554. The Hall–Kier alpha value is -1.29. The molecule has 0 saturated carbocycles. The van der Waals surface area contributed by atoms with Gasteiger partial charge < -0.3 is 11.1 Å². The minimum Gasteiger partial charge on any atom is -0.399 e. The molecule has 1 aromatic heterocycles. The van der Waals surface area contributed by atoms with Crippen molar-refractivity contribution in [1.82, 2.24) is 9.88 Å². The SMILES string of the molecule is CC(CNc1cc(N)ccn1)N1CCCCC1. The van der Waals surface area contributed by atoms with Crippen LogP contribution in [0.25, 0.3) is 0 Å². The van der Waals surface area contributed by atoms with Gasteiger partial charge in [0.15, 0.2) is 0 Å². The van der Waals surface area contributed by atoms with Gasteiger partial charge in [0.1, 0.15) is 5.82 Å². The van der Waals surface area contributed by atoms with Gasteiger partial charge in [0, 0.05) is 30.5 Å². The van der Waals surface area contributed by atoms with Gasteiger partial charge in [-0.3, -0.25) is 4.90 Å². The molecule has 2 heterocycles. The van der Waals surface area contributed by atoms with Crippen molar-refractivity contribution in [2.75, 3.05) is 30.7 Å². The number of hydrogen-bond donors (Lipinski definition) is 2. The van der Waals surface area contributed by atoms with Gasteiger partial charge in [0.2, 0.25) is 0 Å². The van der Waals surface area contributed by atoms with Crippen LogP contribution in [0.4, 0.5) is 11.5 Å². The highest BCUT2D eigenvalue weighted by Gasteiger charge is 2.16. The highest BCUT2D eigenvalue weighted by Crippen LogP contribution is 2.13. The van der Waals surface area contributed by atoms with Crippen LogP contribution in [0.15, 0.2) is 18.3 Å². The van der Waals surface area contributed by atoms with Crippen molar-refractivity contribution in [3.05, 3.63) is 18.3 Å². The number of nitrogens with two attached hydrogens (primary N) is 1. The van der Waals surface area contributed by atoms with Crippen molar-refractivity contribution in [3.63, 3.8) is 0 Å². The first-order chi connectivity index (χ1) is 8.25. The van der Waals surface area contributed by atoms with Crippen LogP contribution in [0, 0.1) is 0 Å². The summed E-state index contributed by atoms with van der Waals surface area (Å²) in [7, 11) is 0. The number of hydrogen-bond acceptors (Lipinski definition) is 4. The van der Waals surface area contributed by atoms with Gasteiger partial charge in [-0.2, -0.15) is 0 Å². The third-order valence-corrected chi connectivity index (χ3v) is 3.38. The zero-order valence-electron chi connectivity index (χ0n) is 10.5. The van der Waals surface area contributed by atoms with Crippen molar-refractivity contribution in [2.24, 2.45) is 0 Å². The first-order valence-corrected chi connectivity index (χ1v) is 6.45. The van der Waals surface area contributed by atoms with Crippen molar-refractivity contribution < 1.29 is 0 Å². The number of likely N-dealkylation sites (tertiary alicyclic amines) is 1. The molecular formula is C13H22N4. The lowest BCUT2D eigenvalue weighted by Crippen LogP contribution is -2.41. The predicted molar refractivity (Wildman–Crippen MR) is 72.0 cm³/mol. The first kappa shape index (κ1) is 12.2. The summed E-state index contributed by atoms with van der Waals surface area (Å²) in [6.07, 6.45) is 5.79. The van der Waals surface area contributed by atoms with Gasteiger partial charge in [-0.05, 0) is 38.9 Å². The lowest BCUT2D eigenvalue weighted by molar-refractivity contribution is 0.180. The molecular weight excluding hydrogens is 212 g/mol. The molecule has 1 fully saturated rings. The van der Waals surface area contributed by atoms with Gasteiger partial charge in [-0.15, -0.1) is 0 Å². The van der Waals surface area contributed by atoms with E-state index in [-0.39, 0.29) is 0 Å². The van der Waals surface area contributed by atoms with Gasteiger partial charge in [-0.1, -0.05) is 6.42 Å². The van der Waals surface area contributed by atoms with Gasteiger partial charge in [-0.25, -0.2) is 4.98 Å². The van der Waals surface area contributed by atoms with E-state index in [0.717, 1.165) is 18.1 Å². The summed E-state index contributed by atoms with van der Waals surface area (Å²) in [5.74, 6) is 0.869. The van der Waals surface area contributed by atoms with Crippen molar-refractivity contribution in [2.45, 2.75) is 32.2 Å². The molecule has 0 spiro atoms. The maximum atomic E-state index is 5.72. The minimum atomic E-state index is 0.554. The number of nitrogens with zero attached hydrogens (tertiary/aromatic N) is 2. The molecule has 94 valence electrons. The van der Waals surface area contributed by atoms with E-state index in [1.54, 1.807) is 12.3 Å². The predicted octanol–water partition coefficient (Wildman–Crippen LogP) is 1.95. The number of nitrogen functional groups attached to an aromatic ring is 1. The molecule has 0 aliphatic carbocycles. The molecule has 0 amide bonds. The van der Waals surface area contributed by atoms with Crippen LogP contribution < -0.4 is 11.1 Å². The maximum Gasteiger partial charge on any atom is 0.127 e. The molecule has 1 aliphatic heterocycles. The molecule has 17 heavy (non-hydrogen) atoms. The van der Waals surface area contributed by atoms with E-state index in [2.05, 4.69) is 22.1 Å². The zero-order valence-corrected chi connectivity index (χ0v) is 10.5. The van der Waals surface area contributed by atoms with Crippen LogP contribution in [0.5, 0.6) is 0 Å². The van der Waals surface area contributed by atoms with Crippen LogP contribution in [0.1, 0.15) is 26.2 Å². The number of anilines is 2. The summed E-state index contributed by atoms with van der Waals surface area (Å²) < 4.78 is 0. The molecule has 2 rings (SSSR count). The van der Waals surface area contributed by atoms with Crippen molar-refractivity contribution in [1.29, 1.82) is 0 Å². The molecule has 1 unspecified atom stereocenters. The summed E-state index contributed by atoms with van der Waals surface area (Å²) in [6.45, 7) is 5.65. The van der Waals surface area contributed by atoms with E-state index >= 15 is 0 Å². The number of aromatic nitrogens is 1. The molecule has 1 saturated heterocycles. The van der Waals surface area contributed by atoms with Gasteiger partial charge in [0.05, 0.1) is 0 Å². The number of nitrogens with one attached hydrogen (secondary N) is 1. The number of pyridine rings is 1. The molecule has 0 radical (unpaired) electrons. The summed E-state index contributed by atoms with van der Waals surface area (Å²) in [5.41, 5.74) is 6.47. The summed E-state index contributed by atoms with van der Waals surface area (Å²) >= 11 is 0. The van der Waals surface area contributed by atoms with E-state index in [1.165, 1.54) is 32.4 Å². The Kier molecular flexibility index (Phi) is 4.20. The Balaban J connectivity index is 1.80. The fourth-order valence-corrected chi connectivity index (χ4v) is 2.28. The molecule has 0 bridgehead atoms. The fourth-order valence-electron chi connectivity index (χ4n) is 2.28. The first-order valence-electron chi connectivity index (χ1n) is 6.45. The Morgan fingerprint density at radius 1 is 1.41 bits per heavy atom. The second-order valence-electron chi connectivity index (χ2n) is 4.80. The van der Waals surface area contributed by atoms with Crippen molar-refractivity contribution in [3.8, 4) is 0 Å². The quantitative estimate of drug-likeness (QED) is 0.836. The van der Waals surface area contributed by atoms with Crippen LogP contribution in [0.2, 0.25) is 0 Å². The lowest BCUT2D eigenvalue weighted by Gasteiger charge is -2.32. The zero-order chi connectivity index (χ0) is 12.1. The van der Waals surface area contributed by atoms with Gasteiger partial charge >= 0.3 is 0 Å². The van der Waals surface area contributed by atoms with Crippen LogP contribution in [0.3, 0.4) is 0 Å². The van der Waals surface area contributed by atoms with Crippen LogP contribution in [-0.2, 0) is 0 Å². The number of rotatable bonds is 4. The second-order valence-corrected chi connectivity index (χ2v) is 4.80. The largest absolute Gasteiger partial charge is 0.399 e. The summed E-state index contributed by atoms with van der Waals surface area (Å²) in [6, 6.07) is 4.24. The third kappa shape index (κ3) is 3.60. The smallest absolute Gasteiger partial charge is 0.127 e. The van der Waals surface area contributed by atoms with Crippen molar-refractivity contribution >= 4 is 11.5 Å². The standard InChI is InChI=1S/C13H22N4/c1-11(17-7-3-2-4-8-17)10-16-13-9-12(14)5-6-15-13/h5-6,9,11H,2-4,7-8,10H2,1H3,(H3,14,15,16). The normalized spacial score (nSPS) is 18.9. The third-order valence-electron chi connectivity index (χ3n) is 3.38. The van der Waals surface area contributed by atoms with E-state index in [1.807, 2.05) is 6.07 Å². The average Bonchev–Trinajstić information content (AvgIpc) is 2.37. The van der Waals surface area contributed by atoms with E-state index in [4.69, 9.17) is 5.73 Å². The Labute approximate surface area is 103 Å². The van der Waals surface area contributed by atoms with Crippen LogP contribution in [-0.4, -0.2) is 35.6 Å². The molecule has 4 heteroatoms. The Morgan fingerprint density at radius 2 is 2.18 bits per heavy atom. The van der Waals surface area contributed by atoms with Crippen LogP contribution >= 0.6 is 0 Å². The van der Waals surface area contributed by atoms with E-state index < -0.39 is 0 Å². The topological polar surface area (TPSA) is 54.2 Å². The Morgan fingerprint density at radius 3 is 2.88 bits per heavy atom.